The molecule has 1 aromatic carbocycles. The normalized spacial score (nSPS) is 19.7. The maximum atomic E-state index is 10.5. The number of rotatable bonds is 4. The minimum Gasteiger partial charge on any atom is -0.504 e. The van der Waals surface area contributed by atoms with Gasteiger partial charge in [-0.05, 0) is 30.9 Å². The highest BCUT2D eigenvalue weighted by molar-refractivity contribution is 9.10. The van der Waals surface area contributed by atoms with Gasteiger partial charge in [0.05, 0.1) is 7.11 Å². The molecule has 1 aliphatic carbocycles. The lowest BCUT2D eigenvalue weighted by atomic mass is 9.98. The summed E-state index contributed by atoms with van der Waals surface area (Å²) in [5.74, 6) is 1.51. The van der Waals surface area contributed by atoms with Crippen molar-refractivity contribution in [3.8, 4) is 11.5 Å². The summed E-state index contributed by atoms with van der Waals surface area (Å²) >= 11 is 3.53. The maximum absolute atomic E-state index is 10.5. The van der Waals surface area contributed by atoms with Gasteiger partial charge in [0.25, 0.3) is 0 Å². The minimum absolute atomic E-state index is 0. The zero-order chi connectivity index (χ0) is 14.1. The highest BCUT2D eigenvalue weighted by Gasteiger charge is 2.38. The first-order valence-corrected chi connectivity index (χ1v) is 8.01. The zero-order valence-electron chi connectivity index (χ0n) is 12.5. The Kier molecular flexibility index (Phi) is 7.75. The molecule has 3 rings (SSSR count). The van der Waals surface area contributed by atoms with E-state index < -0.39 is 0 Å². The van der Waals surface area contributed by atoms with E-state index in [1.807, 2.05) is 12.1 Å². The van der Waals surface area contributed by atoms with Gasteiger partial charge in [-0.3, -0.25) is 4.90 Å². The van der Waals surface area contributed by atoms with Crippen LogP contribution in [0.15, 0.2) is 16.6 Å². The predicted octanol–water partition coefficient (Wildman–Crippen LogP) is 3.36. The van der Waals surface area contributed by atoms with Crippen LogP contribution >= 0.6 is 40.7 Å². The Morgan fingerprint density at radius 2 is 1.91 bits per heavy atom. The van der Waals surface area contributed by atoms with Crippen molar-refractivity contribution in [3.05, 3.63) is 22.2 Å². The molecule has 0 radical (unpaired) electrons. The summed E-state index contributed by atoms with van der Waals surface area (Å²) < 4.78 is 6.25. The number of benzene rings is 1. The number of ether oxygens (including phenoxy) is 1. The molecule has 1 heterocycles. The van der Waals surface area contributed by atoms with E-state index in [9.17, 15) is 5.11 Å². The summed E-state index contributed by atoms with van der Waals surface area (Å²) in [5, 5.41) is 13.9. The number of methoxy groups -OCH3 is 1. The van der Waals surface area contributed by atoms with Crippen molar-refractivity contribution in [3.63, 3.8) is 0 Å². The molecule has 0 bridgehead atoms. The van der Waals surface area contributed by atoms with Crippen molar-refractivity contribution < 1.29 is 9.84 Å². The maximum Gasteiger partial charge on any atom is 0.162 e. The standard InChI is InChI=1S/C15H21BrN2O2.2ClH/c1-20-13-9-11(16)8-12(15(13)19)14(10-2-3-10)18-6-4-17-5-7-18;;/h8-10,14,17,19H,2-7H2,1H3;2*1H/t14-;;/m0../s1. The molecular weight excluding hydrogens is 391 g/mol. The lowest BCUT2D eigenvalue weighted by Gasteiger charge is -2.36. The van der Waals surface area contributed by atoms with E-state index >= 15 is 0 Å². The molecule has 1 saturated heterocycles. The van der Waals surface area contributed by atoms with Crippen molar-refractivity contribution in [2.45, 2.75) is 18.9 Å². The molecular formula is C15H23BrCl2N2O2. The molecule has 0 aromatic heterocycles. The second-order valence-corrected chi connectivity index (χ2v) is 6.53. The fraction of sp³-hybridized carbons (Fsp3) is 0.600. The Labute approximate surface area is 152 Å². The van der Waals surface area contributed by atoms with Crippen LogP contribution in [0.4, 0.5) is 0 Å². The molecule has 7 heteroatoms. The molecule has 0 unspecified atom stereocenters. The fourth-order valence-electron chi connectivity index (χ4n) is 3.10. The van der Waals surface area contributed by atoms with Gasteiger partial charge in [-0.15, -0.1) is 24.8 Å². The molecule has 126 valence electrons. The van der Waals surface area contributed by atoms with Crippen molar-refractivity contribution in [2.75, 3.05) is 33.3 Å². The molecule has 0 spiro atoms. The molecule has 2 fully saturated rings. The fourth-order valence-corrected chi connectivity index (χ4v) is 3.55. The van der Waals surface area contributed by atoms with Crippen LogP contribution in [0.5, 0.6) is 11.5 Å². The molecule has 1 saturated carbocycles. The average Bonchev–Trinajstić information content (AvgIpc) is 3.28. The van der Waals surface area contributed by atoms with E-state index in [0.29, 0.717) is 23.5 Å². The van der Waals surface area contributed by atoms with Gasteiger partial charge in [0.15, 0.2) is 11.5 Å². The van der Waals surface area contributed by atoms with Crippen LogP contribution in [0.2, 0.25) is 0 Å². The topological polar surface area (TPSA) is 44.7 Å². The molecule has 1 aliphatic heterocycles. The van der Waals surface area contributed by atoms with Gasteiger partial charge in [0.2, 0.25) is 0 Å². The molecule has 1 atom stereocenters. The first-order chi connectivity index (χ1) is 9.70. The van der Waals surface area contributed by atoms with Crippen LogP contribution in [0.3, 0.4) is 0 Å². The molecule has 2 N–H and O–H groups in total. The van der Waals surface area contributed by atoms with E-state index in [2.05, 4.69) is 26.1 Å². The highest BCUT2D eigenvalue weighted by atomic mass is 79.9. The number of hydrogen-bond donors (Lipinski definition) is 2. The third-order valence-corrected chi connectivity index (χ3v) is 4.68. The summed E-state index contributed by atoms with van der Waals surface area (Å²) in [7, 11) is 1.60. The molecule has 4 nitrogen and oxygen atoms in total. The smallest absolute Gasteiger partial charge is 0.162 e. The van der Waals surface area contributed by atoms with Gasteiger partial charge >= 0.3 is 0 Å². The van der Waals surface area contributed by atoms with Gasteiger partial charge in [-0.25, -0.2) is 0 Å². The largest absolute Gasteiger partial charge is 0.504 e. The van der Waals surface area contributed by atoms with E-state index in [-0.39, 0.29) is 24.8 Å². The minimum atomic E-state index is 0. The number of phenolic OH excluding ortho intramolecular Hbond substituents is 1. The lowest BCUT2D eigenvalue weighted by molar-refractivity contribution is 0.153. The molecule has 2 aliphatic rings. The molecule has 1 aromatic rings. The van der Waals surface area contributed by atoms with Crippen LogP contribution < -0.4 is 10.1 Å². The van der Waals surface area contributed by atoms with Crippen LogP contribution in [0.1, 0.15) is 24.4 Å². The van der Waals surface area contributed by atoms with Gasteiger partial charge in [-0.2, -0.15) is 0 Å². The second kappa shape index (κ2) is 8.60. The summed E-state index contributed by atoms with van der Waals surface area (Å²) in [6.07, 6.45) is 2.51. The third kappa shape index (κ3) is 4.20. The summed E-state index contributed by atoms with van der Waals surface area (Å²) in [4.78, 5) is 2.50. The summed E-state index contributed by atoms with van der Waals surface area (Å²) in [5.41, 5.74) is 1.00. The SMILES string of the molecule is COc1cc(Br)cc([C@H](C2CC2)N2CCNCC2)c1O.Cl.Cl. The molecule has 22 heavy (non-hydrogen) atoms. The predicted molar refractivity (Wildman–Crippen MR) is 96.8 cm³/mol. The van der Waals surface area contributed by atoms with Gasteiger partial charge in [0, 0.05) is 42.3 Å². The Morgan fingerprint density at radius 3 is 2.45 bits per heavy atom. The highest BCUT2D eigenvalue weighted by Crippen LogP contribution is 2.49. The number of nitrogens with zero attached hydrogens (tertiary/aromatic N) is 1. The number of aromatic hydroxyl groups is 1. The second-order valence-electron chi connectivity index (χ2n) is 5.61. The quantitative estimate of drug-likeness (QED) is 0.794. The third-order valence-electron chi connectivity index (χ3n) is 4.22. The number of phenols is 1. The first kappa shape index (κ1) is 19.8. The first-order valence-electron chi connectivity index (χ1n) is 7.22. The monoisotopic (exact) mass is 412 g/mol. The van der Waals surface area contributed by atoms with Crippen molar-refractivity contribution in [2.24, 2.45) is 5.92 Å². The number of halogens is 3. The number of nitrogens with one attached hydrogen (secondary N) is 1. The van der Waals surface area contributed by atoms with Crippen LogP contribution in [-0.2, 0) is 0 Å². The molecule has 0 amide bonds. The van der Waals surface area contributed by atoms with Crippen molar-refractivity contribution in [1.29, 1.82) is 0 Å². The Morgan fingerprint density at radius 1 is 1.27 bits per heavy atom. The van der Waals surface area contributed by atoms with E-state index in [1.165, 1.54) is 12.8 Å². The number of piperazine rings is 1. The Hall–Kier alpha value is -0.200. The van der Waals surface area contributed by atoms with Crippen LogP contribution in [-0.4, -0.2) is 43.3 Å². The van der Waals surface area contributed by atoms with Crippen LogP contribution in [0, 0.1) is 5.92 Å². The zero-order valence-corrected chi connectivity index (χ0v) is 15.8. The van der Waals surface area contributed by atoms with Gasteiger partial charge in [-0.1, -0.05) is 15.9 Å². The van der Waals surface area contributed by atoms with Crippen LogP contribution in [0.25, 0.3) is 0 Å². The summed E-state index contributed by atoms with van der Waals surface area (Å²) in [6.45, 7) is 4.12. The van der Waals surface area contributed by atoms with Crippen molar-refractivity contribution >= 4 is 40.7 Å². The van der Waals surface area contributed by atoms with Gasteiger partial charge in [0.1, 0.15) is 0 Å². The summed E-state index contributed by atoms with van der Waals surface area (Å²) in [6, 6.07) is 4.17. The van der Waals surface area contributed by atoms with E-state index in [0.717, 1.165) is 36.2 Å². The van der Waals surface area contributed by atoms with Crippen molar-refractivity contribution in [1.82, 2.24) is 10.2 Å². The lowest BCUT2D eigenvalue weighted by Crippen LogP contribution is -2.45. The Balaban J connectivity index is 0.00000121. The Bertz CT molecular complexity index is 495. The number of hydrogen-bond acceptors (Lipinski definition) is 4. The van der Waals surface area contributed by atoms with E-state index in [4.69, 9.17) is 4.74 Å². The van der Waals surface area contributed by atoms with Gasteiger partial charge < -0.3 is 15.2 Å². The van der Waals surface area contributed by atoms with E-state index in [1.54, 1.807) is 7.11 Å². The average molecular weight is 414 g/mol.